The minimum Gasteiger partial charge on any atom is -0.0905 e. The summed E-state index contributed by atoms with van der Waals surface area (Å²) in [4.78, 5) is 0. The molecule has 0 aliphatic rings. The summed E-state index contributed by atoms with van der Waals surface area (Å²) in [5, 5.41) is 20.8. The van der Waals surface area contributed by atoms with Gasteiger partial charge in [-0.25, -0.2) is 0 Å². The molecule has 170 valence electrons. The van der Waals surface area contributed by atoms with Gasteiger partial charge in [0, 0.05) is 0 Å². The van der Waals surface area contributed by atoms with Crippen LogP contribution in [0.4, 0.5) is 0 Å². The van der Waals surface area contributed by atoms with Crippen molar-refractivity contribution in [3.05, 3.63) is 93.4 Å². The van der Waals surface area contributed by atoms with Crippen LogP contribution in [0.5, 0.6) is 0 Å². The average Bonchev–Trinajstić information content (AvgIpc) is 2.84. The minimum absolute atomic E-state index is 1.14. The number of hydrogen-bond acceptors (Lipinski definition) is 0. The Morgan fingerprint density at radius 3 is 1.22 bits per heavy atom. The van der Waals surface area contributed by atoms with E-state index in [1.54, 1.807) is 0 Å². The van der Waals surface area contributed by atoms with Crippen molar-refractivity contribution in [3.8, 4) is 0 Å². The fourth-order valence-corrected chi connectivity index (χ4v) is 7.35. The molecule has 0 heteroatoms. The van der Waals surface area contributed by atoms with E-state index < -0.39 is 0 Å². The average molecular weight is 459 g/mol. The highest BCUT2D eigenvalue weighted by atomic mass is 14.2. The van der Waals surface area contributed by atoms with Gasteiger partial charge in [0.05, 0.1) is 0 Å². The van der Waals surface area contributed by atoms with Crippen LogP contribution >= 0.6 is 0 Å². The van der Waals surface area contributed by atoms with Crippen LogP contribution in [-0.4, -0.2) is 0 Å². The van der Waals surface area contributed by atoms with Crippen LogP contribution in [0.1, 0.15) is 22.3 Å². The van der Waals surface area contributed by atoms with Crippen molar-refractivity contribution in [2.75, 3.05) is 0 Å². The number of hydrogen-bond donors (Lipinski definition) is 0. The number of rotatable bonds is 0. The Labute approximate surface area is 209 Å². The number of fused-ring (bicyclic) bond motifs is 4. The predicted octanol–water partition coefficient (Wildman–Crippen LogP) is 8.69. The Kier molecular flexibility index (Phi) is 3.53. The third-order valence-electron chi connectivity index (χ3n) is 8.66. The van der Waals surface area contributed by atoms with Crippen molar-refractivity contribution < 1.29 is 0 Å². The fourth-order valence-electron chi connectivity index (χ4n) is 7.35. The first kappa shape index (κ1) is 20.1. The van der Waals surface area contributed by atoms with Crippen LogP contribution in [0.2, 0.25) is 0 Å². The van der Waals surface area contributed by atoms with E-state index >= 15 is 0 Å². The largest absolute Gasteiger partial charge is 0.0905 e. The molecule has 8 rings (SSSR count). The third-order valence-corrected chi connectivity index (χ3v) is 8.66. The van der Waals surface area contributed by atoms with E-state index in [9.17, 15) is 0 Å². The van der Waals surface area contributed by atoms with Crippen molar-refractivity contribution in [1.82, 2.24) is 0 Å². The van der Waals surface area contributed by atoms with Gasteiger partial charge in [-0.3, -0.25) is 0 Å². The Balaban J connectivity index is 1.77. The summed E-state index contributed by atoms with van der Waals surface area (Å²) in [5.41, 5.74) is 5.22. The first-order valence-electron chi connectivity index (χ1n) is 12.7. The zero-order valence-electron chi connectivity index (χ0n) is 21.2. The Bertz CT molecular complexity index is 2200. The predicted molar refractivity (Wildman–Crippen MR) is 161 cm³/mol. The van der Waals surface area contributed by atoms with Crippen LogP contribution in [0.3, 0.4) is 0 Å². The Morgan fingerprint density at radius 1 is 0.389 bits per heavy atom. The van der Waals surface area contributed by atoms with Gasteiger partial charge >= 0.3 is 0 Å². The van der Waals surface area contributed by atoms with Gasteiger partial charge in [0.25, 0.3) is 0 Å². The van der Waals surface area contributed by atoms with Gasteiger partial charge in [-0.1, -0.05) is 72.8 Å². The maximum atomic E-state index is 4.60. The van der Waals surface area contributed by atoms with Crippen LogP contribution in [0.25, 0.3) is 88.6 Å². The van der Waals surface area contributed by atoms with Gasteiger partial charge in [0.2, 0.25) is 0 Å². The second-order valence-electron chi connectivity index (χ2n) is 11.0. The zero-order valence-corrected chi connectivity index (χ0v) is 21.2. The fraction of sp³-hybridized carbons (Fsp3) is 0.111. The smallest absolute Gasteiger partial charge is 0.00136 e. The molecular weight excluding hydrogens is 432 g/mol. The van der Waals surface area contributed by atoms with E-state index in [1.165, 1.54) is 97.7 Å². The molecule has 0 aromatic heterocycles. The SMILES string of the molecule is C=c1c2cc(C)cc(C)c2c2cc3ccc4c(=C)c5cc(C)cc(C)c5c5cc6ccc1c2c6c3c45. The molecule has 0 aliphatic heterocycles. The standard InChI is InChI=1S/C36H26/c1-17-11-19(3)31-27(13-17)21(5)25-9-7-24-16-30-32-20(4)12-18(2)14-28(32)22(6)26-10-8-23-15-29(31)35(25)33(24)34(23)36(26)30/h7-16H,5-6H2,1-4H3. The molecule has 0 saturated carbocycles. The van der Waals surface area contributed by atoms with Gasteiger partial charge < -0.3 is 0 Å². The van der Waals surface area contributed by atoms with Crippen LogP contribution in [-0.2, 0) is 0 Å². The molecule has 0 radical (unpaired) electrons. The lowest BCUT2D eigenvalue weighted by Crippen LogP contribution is -2.07. The molecular formula is C36H26. The summed E-state index contributed by atoms with van der Waals surface area (Å²) in [7, 11) is 0. The summed E-state index contributed by atoms with van der Waals surface area (Å²) < 4.78 is 0. The number of aryl methyl sites for hydroxylation is 4. The Morgan fingerprint density at radius 2 is 0.806 bits per heavy atom. The molecule has 0 unspecified atom stereocenters. The molecule has 0 fully saturated rings. The van der Waals surface area contributed by atoms with E-state index in [2.05, 4.69) is 102 Å². The molecule has 0 spiro atoms. The first-order chi connectivity index (χ1) is 17.3. The quantitative estimate of drug-likeness (QED) is 0.157. The summed E-state index contributed by atoms with van der Waals surface area (Å²) in [6.45, 7) is 18.1. The topological polar surface area (TPSA) is 0 Å². The van der Waals surface area contributed by atoms with E-state index in [4.69, 9.17) is 0 Å². The maximum Gasteiger partial charge on any atom is -0.00136 e. The second-order valence-corrected chi connectivity index (χ2v) is 11.0. The van der Waals surface area contributed by atoms with Crippen molar-refractivity contribution in [1.29, 1.82) is 0 Å². The van der Waals surface area contributed by atoms with Crippen LogP contribution < -0.4 is 10.4 Å². The highest BCUT2D eigenvalue weighted by Crippen LogP contribution is 2.46. The lowest BCUT2D eigenvalue weighted by molar-refractivity contribution is 1.43. The first-order valence-corrected chi connectivity index (χ1v) is 12.7. The molecule has 0 aliphatic carbocycles. The molecule has 0 saturated heterocycles. The Hall–Kier alpha value is -4.16. The van der Waals surface area contributed by atoms with E-state index in [1.807, 2.05) is 0 Å². The molecule has 0 atom stereocenters. The van der Waals surface area contributed by atoms with Gasteiger partial charge in [-0.15, -0.1) is 0 Å². The summed E-state index contributed by atoms with van der Waals surface area (Å²) in [6.07, 6.45) is 0. The van der Waals surface area contributed by atoms with E-state index in [0.717, 1.165) is 10.4 Å². The maximum absolute atomic E-state index is 4.60. The molecule has 36 heavy (non-hydrogen) atoms. The molecule has 0 bridgehead atoms. The molecule has 8 aromatic rings. The highest BCUT2D eigenvalue weighted by molar-refractivity contribution is 6.41. The van der Waals surface area contributed by atoms with Gasteiger partial charge in [-0.05, 0) is 137 Å². The van der Waals surface area contributed by atoms with Crippen molar-refractivity contribution in [2.24, 2.45) is 0 Å². The normalized spacial score (nSPS) is 12.7. The molecule has 8 aromatic carbocycles. The number of benzene rings is 8. The van der Waals surface area contributed by atoms with Gasteiger partial charge in [0.1, 0.15) is 0 Å². The molecule has 0 nitrogen and oxygen atoms in total. The van der Waals surface area contributed by atoms with E-state index in [0.29, 0.717) is 0 Å². The van der Waals surface area contributed by atoms with Gasteiger partial charge in [0.15, 0.2) is 0 Å². The summed E-state index contributed by atoms with van der Waals surface area (Å²) in [6, 6.07) is 23.3. The molecule has 0 amide bonds. The third kappa shape index (κ3) is 2.22. The lowest BCUT2D eigenvalue weighted by atomic mass is 9.82. The monoisotopic (exact) mass is 458 g/mol. The van der Waals surface area contributed by atoms with Crippen molar-refractivity contribution in [3.63, 3.8) is 0 Å². The van der Waals surface area contributed by atoms with Crippen LogP contribution in [0, 0.1) is 27.7 Å². The summed E-state index contributed by atoms with van der Waals surface area (Å²) in [5.74, 6) is 0. The highest BCUT2D eigenvalue weighted by Gasteiger charge is 2.20. The van der Waals surface area contributed by atoms with E-state index in [-0.39, 0.29) is 0 Å². The van der Waals surface area contributed by atoms with Crippen molar-refractivity contribution in [2.45, 2.75) is 27.7 Å². The second kappa shape index (κ2) is 6.33. The zero-order chi connectivity index (χ0) is 24.6. The van der Waals surface area contributed by atoms with Gasteiger partial charge in [-0.2, -0.15) is 0 Å². The molecule has 0 N–H and O–H groups in total. The minimum atomic E-state index is 1.14. The van der Waals surface area contributed by atoms with Crippen LogP contribution in [0.15, 0.2) is 60.7 Å². The lowest BCUT2D eigenvalue weighted by Gasteiger charge is -2.21. The summed E-state index contributed by atoms with van der Waals surface area (Å²) >= 11 is 0. The van der Waals surface area contributed by atoms with Crippen molar-refractivity contribution >= 4 is 88.6 Å². The molecule has 0 heterocycles.